The van der Waals surface area contributed by atoms with Crippen LogP contribution in [0, 0.1) is 13.8 Å². The minimum atomic E-state index is -0.122. The van der Waals surface area contributed by atoms with Crippen LogP contribution >= 0.6 is 0 Å². The van der Waals surface area contributed by atoms with Crippen LogP contribution in [0.5, 0.6) is 0 Å². The zero-order chi connectivity index (χ0) is 13.1. The SMILES string of the molecule is Cc1ccc(C(=O)Nc2cccc(N)c2)cc1C. The van der Waals surface area contributed by atoms with Crippen LogP contribution in [0.4, 0.5) is 11.4 Å². The Morgan fingerprint density at radius 2 is 1.83 bits per heavy atom. The van der Waals surface area contributed by atoms with E-state index in [0.29, 0.717) is 16.9 Å². The Labute approximate surface area is 107 Å². The largest absolute Gasteiger partial charge is 0.399 e. The van der Waals surface area contributed by atoms with Gasteiger partial charge in [-0.1, -0.05) is 12.1 Å². The molecular weight excluding hydrogens is 224 g/mol. The molecule has 0 spiro atoms. The lowest BCUT2D eigenvalue weighted by Crippen LogP contribution is -2.12. The van der Waals surface area contributed by atoms with E-state index in [1.165, 1.54) is 5.56 Å². The second kappa shape index (κ2) is 4.92. The van der Waals surface area contributed by atoms with Gasteiger partial charge in [-0.25, -0.2) is 0 Å². The van der Waals surface area contributed by atoms with Gasteiger partial charge < -0.3 is 11.1 Å². The van der Waals surface area contributed by atoms with E-state index < -0.39 is 0 Å². The third-order valence-corrected chi connectivity index (χ3v) is 2.91. The van der Waals surface area contributed by atoms with Crippen LogP contribution < -0.4 is 11.1 Å². The number of nitrogen functional groups attached to an aromatic ring is 1. The van der Waals surface area contributed by atoms with E-state index in [4.69, 9.17) is 5.73 Å². The van der Waals surface area contributed by atoms with Gasteiger partial charge in [-0.2, -0.15) is 0 Å². The standard InChI is InChI=1S/C15H16N2O/c1-10-6-7-12(8-11(10)2)15(18)17-14-5-3-4-13(16)9-14/h3-9H,16H2,1-2H3,(H,17,18). The van der Waals surface area contributed by atoms with Gasteiger partial charge in [-0.3, -0.25) is 4.79 Å². The molecule has 92 valence electrons. The summed E-state index contributed by atoms with van der Waals surface area (Å²) in [6.07, 6.45) is 0. The second-order valence-electron chi connectivity index (χ2n) is 4.38. The van der Waals surface area contributed by atoms with E-state index in [0.717, 1.165) is 5.56 Å². The molecule has 0 atom stereocenters. The number of amides is 1. The number of anilines is 2. The van der Waals surface area contributed by atoms with E-state index in [1.54, 1.807) is 12.1 Å². The average Bonchev–Trinajstić information content (AvgIpc) is 2.32. The van der Waals surface area contributed by atoms with Crippen LogP contribution in [0.25, 0.3) is 0 Å². The average molecular weight is 240 g/mol. The Hall–Kier alpha value is -2.29. The summed E-state index contributed by atoms with van der Waals surface area (Å²) in [6.45, 7) is 4.02. The zero-order valence-corrected chi connectivity index (χ0v) is 10.5. The van der Waals surface area contributed by atoms with Gasteiger partial charge in [0.05, 0.1) is 0 Å². The number of carbonyl (C=O) groups excluding carboxylic acids is 1. The molecule has 0 aliphatic heterocycles. The molecule has 2 aromatic rings. The zero-order valence-electron chi connectivity index (χ0n) is 10.5. The van der Waals surface area contributed by atoms with E-state index in [1.807, 2.05) is 44.2 Å². The van der Waals surface area contributed by atoms with Gasteiger partial charge in [0.1, 0.15) is 0 Å². The number of nitrogens with one attached hydrogen (secondary N) is 1. The molecule has 0 bridgehead atoms. The Kier molecular flexibility index (Phi) is 3.33. The normalized spacial score (nSPS) is 10.1. The lowest BCUT2D eigenvalue weighted by atomic mass is 10.1. The van der Waals surface area contributed by atoms with E-state index in [2.05, 4.69) is 5.32 Å². The number of aryl methyl sites for hydroxylation is 2. The molecule has 3 heteroatoms. The van der Waals surface area contributed by atoms with E-state index in [-0.39, 0.29) is 5.91 Å². The minimum Gasteiger partial charge on any atom is -0.399 e. The third-order valence-electron chi connectivity index (χ3n) is 2.91. The molecule has 0 aliphatic carbocycles. The summed E-state index contributed by atoms with van der Waals surface area (Å²) in [5.41, 5.74) is 9.94. The number of hydrogen-bond acceptors (Lipinski definition) is 2. The molecular formula is C15H16N2O. The molecule has 0 saturated carbocycles. The first-order valence-corrected chi connectivity index (χ1v) is 5.80. The van der Waals surface area contributed by atoms with Gasteiger partial charge in [0, 0.05) is 16.9 Å². The second-order valence-corrected chi connectivity index (χ2v) is 4.38. The smallest absolute Gasteiger partial charge is 0.255 e. The van der Waals surface area contributed by atoms with Crippen molar-refractivity contribution in [2.24, 2.45) is 0 Å². The highest BCUT2D eigenvalue weighted by molar-refractivity contribution is 6.04. The molecule has 3 N–H and O–H groups in total. The van der Waals surface area contributed by atoms with Crippen molar-refractivity contribution in [1.29, 1.82) is 0 Å². The Morgan fingerprint density at radius 1 is 1.06 bits per heavy atom. The summed E-state index contributed by atoms with van der Waals surface area (Å²) in [5.74, 6) is -0.122. The van der Waals surface area contributed by atoms with E-state index >= 15 is 0 Å². The molecule has 2 rings (SSSR count). The van der Waals surface area contributed by atoms with Crippen molar-refractivity contribution in [3.05, 3.63) is 59.2 Å². The molecule has 3 nitrogen and oxygen atoms in total. The van der Waals surface area contributed by atoms with Crippen molar-refractivity contribution in [1.82, 2.24) is 0 Å². The van der Waals surface area contributed by atoms with Crippen molar-refractivity contribution < 1.29 is 4.79 Å². The van der Waals surface area contributed by atoms with Crippen LogP contribution in [0.1, 0.15) is 21.5 Å². The number of benzene rings is 2. The number of hydrogen-bond donors (Lipinski definition) is 2. The predicted molar refractivity (Wildman–Crippen MR) is 74.7 cm³/mol. The van der Waals surface area contributed by atoms with Crippen LogP contribution in [0.3, 0.4) is 0 Å². The van der Waals surface area contributed by atoms with Crippen LogP contribution in [0.2, 0.25) is 0 Å². The summed E-state index contributed by atoms with van der Waals surface area (Å²) < 4.78 is 0. The topological polar surface area (TPSA) is 55.1 Å². The van der Waals surface area contributed by atoms with Crippen LogP contribution in [0.15, 0.2) is 42.5 Å². The summed E-state index contributed by atoms with van der Waals surface area (Å²) >= 11 is 0. The maximum Gasteiger partial charge on any atom is 0.255 e. The molecule has 0 aliphatic rings. The lowest BCUT2D eigenvalue weighted by Gasteiger charge is -2.07. The lowest BCUT2D eigenvalue weighted by molar-refractivity contribution is 0.102. The highest BCUT2D eigenvalue weighted by atomic mass is 16.1. The minimum absolute atomic E-state index is 0.122. The van der Waals surface area contributed by atoms with Crippen molar-refractivity contribution >= 4 is 17.3 Å². The van der Waals surface area contributed by atoms with Crippen molar-refractivity contribution in [2.45, 2.75) is 13.8 Å². The quantitative estimate of drug-likeness (QED) is 0.792. The van der Waals surface area contributed by atoms with E-state index in [9.17, 15) is 4.79 Å². The van der Waals surface area contributed by atoms with Crippen LogP contribution in [-0.4, -0.2) is 5.91 Å². The molecule has 0 fully saturated rings. The summed E-state index contributed by atoms with van der Waals surface area (Å²) in [6, 6.07) is 12.8. The predicted octanol–water partition coefficient (Wildman–Crippen LogP) is 3.14. The number of rotatable bonds is 2. The maximum absolute atomic E-state index is 12.0. The first-order valence-electron chi connectivity index (χ1n) is 5.80. The Bertz CT molecular complexity index is 591. The molecule has 0 heterocycles. The Balaban J connectivity index is 2.19. The van der Waals surface area contributed by atoms with Crippen molar-refractivity contribution in [2.75, 3.05) is 11.1 Å². The van der Waals surface area contributed by atoms with Gasteiger partial charge in [0.2, 0.25) is 0 Å². The fourth-order valence-electron chi connectivity index (χ4n) is 1.70. The third kappa shape index (κ3) is 2.69. The first-order chi connectivity index (χ1) is 8.56. The summed E-state index contributed by atoms with van der Waals surface area (Å²) in [4.78, 5) is 12.0. The number of carbonyl (C=O) groups is 1. The monoisotopic (exact) mass is 240 g/mol. The molecule has 2 aromatic carbocycles. The molecule has 0 aromatic heterocycles. The van der Waals surface area contributed by atoms with Gasteiger partial charge in [0.15, 0.2) is 0 Å². The van der Waals surface area contributed by atoms with Crippen LogP contribution in [-0.2, 0) is 0 Å². The molecule has 0 unspecified atom stereocenters. The maximum atomic E-state index is 12.0. The van der Waals surface area contributed by atoms with Gasteiger partial charge >= 0.3 is 0 Å². The van der Waals surface area contributed by atoms with Gasteiger partial charge in [-0.05, 0) is 55.3 Å². The van der Waals surface area contributed by atoms with Gasteiger partial charge in [-0.15, -0.1) is 0 Å². The molecule has 0 radical (unpaired) electrons. The van der Waals surface area contributed by atoms with Gasteiger partial charge in [0.25, 0.3) is 5.91 Å². The molecule has 18 heavy (non-hydrogen) atoms. The van der Waals surface area contributed by atoms with Crippen molar-refractivity contribution in [3.8, 4) is 0 Å². The summed E-state index contributed by atoms with van der Waals surface area (Å²) in [5, 5.41) is 2.83. The number of nitrogens with two attached hydrogens (primary N) is 1. The molecule has 1 amide bonds. The fourth-order valence-corrected chi connectivity index (χ4v) is 1.70. The highest BCUT2D eigenvalue weighted by Crippen LogP contribution is 2.15. The molecule has 0 saturated heterocycles. The van der Waals surface area contributed by atoms with Crippen molar-refractivity contribution in [3.63, 3.8) is 0 Å². The Morgan fingerprint density at radius 3 is 2.50 bits per heavy atom. The summed E-state index contributed by atoms with van der Waals surface area (Å²) in [7, 11) is 0. The first kappa shape index (κ1) is 12.2. The fraction of sp³-hybridized carbons (Fsp3) is 0.133. The highest BCUT2D eigenvalue weighted by Gasteiger charge is 2.07.